The van der Waals surface area contributed by atoms with E-state index in [0.29, 0.717) is 36.7 Å². The van der Waals surface area contributed by atoms with Gasteiger partial charge in [-0.1, -0.05) is 36.4 Å². The van der Waals surface area contributed by atoms with E-state index in [1.165, 1.54) is 22.4 Å². The number of aryl methyl sites for hydroxylation is 1. The van der Waals surface area contributed by atoms with Crippen LogP contribution in [0.25, 0.3) is 0 Å². The quantitative estimate of drug-likeness (QED) is 0.502. The minimum absolute atomic E-state index is 0.0586. The van der Waals surface area contributed by atoms with E-state index in [2.05, 4.69) is 49.1 Å². The Labute approximate surface area is 229 Å². The summed E-state index contributed by atoms with van der Waals surface area (Å²) in [5.74, 6) is 0.497. The summed E-state index contributed by atoms with van der Waals surface area (Å²) in [6.07, 6.45) is 0.774. The Balaban J connectivity index is 1.38. The van der Waals surface area contributed by atoms with Gasteiger partial charge in [0.1, 0.15) is 0 Å². The third-order valence-corrected chi connectivity index (χ3v) is 8.80. The molecule has 202 valence electrons. The summed E-state index contributed by atoms with van der Waals surface area (Å²) in [5, 5.41) is 0. The van der Waals surface area contributed by atoms with Gasteiger partial charge in [0, 0.05) is 44.0 Å². The highest BCUT2D eigenvalue weighted by Crippen LogP contribution is 2.49. The molecule has 39 heavy (non-hydrogen) atoms. The van der Waals surface area contributed by atoms with E-state index >= 15 is 0 Å². The molecule has 2 amide bonds. The summed E-state index contributed by atoms with van der Waals surface area (Å²) in [6.45, 7) is 7.68. The highest BCUT2D eigenvalue weighted by atomic mass is 16.5. The van der Waals surface area contributed by atoms with E-state index in [4.69, 9.17) is 9.47 Å². The molecule has 2 atom stereocenters. The maximum atomic E-state index is 14.5. The van der Waals surface area contributed by atoms with E-state index < -0.39 is 5.92 Å². The molecule has 0 unspecified atom stereocenters. The largest absolute Gasteiger partial charge is 0.493 e. The van der Waals surface area contributed by atoms with Crippen molar-refractivity contribution in [3.63, 3.8) is 0 Å². The van der Waals surface area contributed by atoms with Crippen LogP contribution in [0.15, 0.2) is 54.6 Å². The van der Waals surface area contributed by atoms with Gasteiger partial charge in [-0.25, -0.2) is 0 Å². The number of carbonyl (C=O) groups excluding carboxylic acids is 2. The van der Waals surface area contributed by atoms with Crippen molar-refractivity contribution >= 4 is 17.5 Å². The number of ether oxygens (including phenoxy) is 2. The number of carbonyl (C=O) groups is 2. The molecular weight excluding hydrogens is 490 g/mol. The Kier molecular flexibility index (Phi) is 6.45. The molecule has 3 aliphatic heterocycles. The number of rotatable bonds is 4. The summed E-state index contributed by atoms with van der Waals surface area (Å²) < 4.78 is 11.1. The second-order valence-corrected chi connectivity index (χ2v) is 10.7. The maximum Gasteiger partial charge on any atom is 0.254 e. The van der Waals surface area contributed by atoms with Crippen LogP contribution in [0.1, 0.15) is 50.1 Å². The van der Waals surface area contributed by atoms with E-state index in [9.17, 15) is 9.59 Å². The zero-order valence-corrected chi connectivity index (χ0v) is 23.1. The molecular formula is C32H35N3O4. The highest BCUT2D eigenvalue weighted by Gasteiger charge is 2.48. The minimum atomic E-state index is -0.522. The molecule has 1 saturated heterocycles. The Morgan fingerprint density at radius 2 is 1.56 bits per heavy atom. The fraction of sp³-hybridized carbons (Fsp3) is 0.375. The molecule has 3 heterocycles. The average molecular weight is 526 g/mol. The molecule has 3 aliphatic rings. The molecule has 0 spiro atoms. The number of hydrogen-bond acceptors (Lipinski definition) is 5. The van der Waals surface area contributed by atoms with E-state index in [0.717, 1.165) is 30.6 Å². The SMILES string of the molecule is COc1cc2c(cc1OC)[C@@H](C(=O)N1CCN(c3cccc(C)c3C)CC1)[C@@H]1c3ccccc3CCN1C2=O. The van der Waals surface area contributed by atoms with Crippen molar-refractivity contribution < 1.29 is 19.1 Å². The number of nitrogens with zero attached hydrogens (tertiary/aromatic N) is 3. The number of hydrogen-bond donors (Lipinski definition) is 0. The van der Waals surface area contributed by atoms with Crippen molar-refractivity contribution in [2.24, 2.45) is 0 Å². The number of benzene rings is 3. The first kappa shape index (κ1) is 25.3. The van der Waals surface area contributed by atoms with Crippen LogP contribution < -0.4 is 14.4 Å². The monoisotopic (exact) mass is 525 g/mol. The van der Waals surface area contributed by atoms with Gasteiger partial charge in [0.05, 0.1) is 26.2 Å². The zero-order valence-electron chi connectivity index (χ0n) is 23.1. The van der Waals surface area contributed by atoms with Crippen LogP contribution >= 0.6 is 0 Å². The number of methoxy groups -OCH3 is 2. The first-order valence-electron chi connectivity index (χ1n) is 13.7. The second-order valence-electron chi connectivity index (χ2n) is 10.7. The van der Waals surface area contributed by atoms with Gasteiger partial charge in [-0.3, -0.25) is 9.59 Å². The van der Waals surface area contributed by atoms with Gasteiger partial charge < -0.3 is 24.2 Å². The van der Waals surface area contributed by atoms with Crippen LogP contribution in [0.5, 0.6) is 11.5 Å². The molecule has 3 aromatic rings. The zero-order chi connectivity index (χ0) is 27.3. The van der Waals surface area contributed by atoms with Gasteiger partial charge >= 0.3 is 0 Å². The predicted molar refractivity (Wildman–Crippen MR) is 151 cm³/mol. The summed E-state index contributed by atoms with van der Waals surface area (Å²) in [7, 11) is 3.15. The van der Waals surface area contributed by atoms with Gasteiger partial charge in [0.2, 0.25) is 5.91 Å². The molecule has 7 heteroatoms. The molecule has 0 N–H and O–H groups in total. The summed E-state index contributed by atoms with van der Waals surface area (Å²) in [4.78, 5) is 34.6. The van der Waals surface area contributed by atoms with Crippen LogP contribution in [0, 0.1) is 13.8 Å². The summed E-state index contributed by atoms with van der Waals surface area (Å²) >= 11 is 0. The van der Waals surface area contributed by atoms with Crippen molar-refractivity contribution in [3.05, 3.63) is 88.0 Å². The number of amides is 2. The van der Waals surface area contributed by atoms with Crippen molar-refractivity contribution in [1.82, 2.24) is 9.80 Å². The normalized spacial score (nSPS) is 20.2. The van der Waals surface area contributed by atoms with Crippen LogP contribution in [-0.4, -0.2) is 68.6 Å². The van der Waals surface area contributed by atoms with E-state index in [-0.39, 0.29) is 17.9 Å². The van der Waals surface area contributed by atoms with Crippen LogP contribution in [0.4, 0.5) is 5.69 Å². The molecule has 7 nitrogen and oxygen atoms in total. The Morgan fingerprint density at radius 3 is 2.31 bits per heavy atom. The van der Waals surface area contributed by atoms with Gasteiger partial charge in [-0.2, -0.15) is 0 Å². The topological polar surface area (TPSA) is 62.3 Å². The third kappa shape index (κ3) is 4.11. The van der Waals surface area contributed by atoms with Crippen molar-refractivity contribution in [2.45, 2.75) is 32.2 Å². The number of fused-ring (bicyclic) bond motifs is 4. The van der Waals surface area contributed by atoms with Gasteiger partial charge in [0.15, 0.2) is 11.5 Å². The number of anilines is 1. The molecule has 0 bridgehead atoms. The molecule has 0 aliphatic carbocycles. The lowest BCUT2D eigenvalue weighted by atomic mass is 9.75. The van der Waals surface area contributed by atoms with E-state index in [1.807, 2.05) is 28.0 Å². The predicted octanol–water partition coefficient (Wildman–Crippen LogP) is 4.51. The summed E-state index contributed by atoms with van der Waals surface area (Å²) in [6, 6.07) is 17.9. The Morgan fingerprint density at radius 1 is 0.846 bits per heavy atom. The lowest BCUT2D eigenvalue weighted by Gasteiger charge is -2.47. The van der Waals surface area contributed by atoms with Crippen molar-refractivity contribution in [2.75, 3.05) is 51.8 Å². The molecule has 6 rings (SSSR count). The molecule has 3 aromatic carbocycles. The molecule has 0 saturated carbocycles. The Bertz CT molecular complexity index is 1440. The van der Waals surface area contributed by atoms with Crippen molar-refractivity contribution in [3.8, 4) is 11.5 Å². The maximum absolute atomic E-state index is 14.5. The average Bonchev–Trinajstić information content (AvgIpc) is 2.98. The minimum Gasteiger partial charge on any atom is -0.493 e. The Hall–Kier alpha value is -4.00. The molecule has 0 aromatic heterocycles. The molecule has 1 fully saturated rings. The lowest BCUT2D eigenvalue weighted by molar-refractivity contribution is -0.135. The van der Waals surface area contributed by atoms with Crippen LogP contribution in [0.2, 0.25) is 0 Å². The number of piperazine rings is 1. The van der Waals surface area contributed by atoms with Gasteiger partial charge in [-0.05, 0) is 66.3 Å². The third-order valence-electron chi connectivity index (χ3n) is 8.80. The first-order chi connectivity index (χ1) is 18.9. The molecule has 0 radical (unpaired) electrons. The van der Waals surface area contributed by atoms with Crippen LogP contribution in [-0.2, 0) is 11.2 Å². The fourth-order valence-electron chi connectivity index (χ4n) is 6.56. The van der Waals surface area contributed by atoms with Crippen molar-refractivity contribution in [1.29, 1.82) is 0 Å². The summed E-state index contributed by atoms with van der Waals surface area (Å²) in [5.41, 5.74) is 7.30. The lowest BCUT2D eigenvalue weighted by Crippen LogP contribution is -2.54. The first-order valence-corrected chi connectivity index (χ1v) is 13.7. The van der Waals surface area contributed by atoms with E-state index in [1.54, 1.807) is 20.3 Å². The van der Waals surface area contributed by atoms with Gasteiger partial charge in [-0.15, -0.1) is 0 Å². The second kappa shape index (κ2) is 9.95. The van der Waals surface area contributed by atoms with Gasteiger partial charge in [0.25, 0.3) is 5.91 Å². The standard InChI is InChI=1S/C32H35N3O4/c1-20-8-7-11-26(21(20)2)33-14-16-34(17-15-33)32(37)29-24-18-27(38-3)28(39-4)19-25(24)31(36)35-13-12-22-9-5-6-10-23(22)30(29)35/h5-11,18-19,29-30H,12-17H2,1-4H3/t29-,30+/m1/s1. The van der Waals surface area contributed by atoms with Crippen LogP contribution in [0.3, 0.4) is 0 Å². The fourth-order valence-corrected chi connectivity index (χ4v) is 6.56. The highest BCUT2D eigenvalue weighted by molar-refractivity contribution is 6.02. The smallest absolute Gasteiger partial charge is 0.254 e.